The summed E-state index contributed by atoms with van der Waals surface area (Å²) in [5.41, 5.74) is 1.78. The van der Waals surface area contributed by atoms with E-state index in [0.717, 1.165) is 57.2 Å². The minimum Gasteiger partial charge on any atom is -0.378 e. The van der Waals surface area contributed by atoms with Gasteiger partial charge in [0.25, 0.3) is 5.91 Å². The highest BCUT2D eigenvalue weighted by atomic mass is 35.5. The van der Waals surface area contributed by atoms with Crippen LogP contribution in [-0.4, -0.2) is 51.8 Å². The summed E-state index contributed by atoms with van der Waals surface area (Å²) in [5.74, 6) is 0.605. The fourth-order valence-corrected chi connectivity index (χ4v) is 2.57. The van der Waals surface area contributed by atoms with Crippen LogP contribution in [0.2, 0.25) is 0 Å². The molecule has 3 rings (SSSR count). The zero-order valence-electron chi connectivity index (χ0n) is 12.4. The lowest BCUT2D eigenvalue weighted by Gasteiger charge is -2.31. The molecule has 0 aliphatic carbocycles. The van der Waals surface area contributed by atoms with Gasteiger partial charge in [-0.3, -0.25) is 4.79 Å². The molecule has 0 atom stereocenters. The molecule has 0 saturated carbocycles. The van der Waals surface area contributed by atoms with Gasteiger partial charge < -0.3 is 20.3 Å². The summed E-state index contributed by atoms with van der Waals surface area (Å²) in [5, 5.41) is 6.26. The molecule has 0 aromatic heterocycles. The van der Waals surface area contributed by atoms with Crippen molar-refractivity contribution in [3.63, 3.8) is 0 Å². The number of carbonyl (C=O) groups excluding carboxylic acids is 1. The third-order valence-electron chi connectivity index (χ3n) is 3.92. The first-order valence-electron chi connectivity index (χ1n) is 7.25. The number of hydrogen-bond donors (Lipinski definition) is 2. The Bertz CT molecular complexity index is 478. The molecule has 22 heavy (non-hydrogen) atoms. The standard InChI is InChI=1S/C15H21N3O2.2ClH/c19-15(17-11-12-9-16-10-12)13-3-1-2-4-14(13)18-5-7-20-8-6-18;;/h1-4,12,16H,5-11H2,(H,17,19);2*1H. The molecule has 2 N–H and O–H groups in total. The average Bonchev–Trinajstić information content (AvgIpc) is 2.46. The number of ether oxygens (including phenoxy) is 1. The zero-order valence-corrected chi connectivity index (χ0v) is 14.0. The molecule has 0 bridgehead atoms. The third kappa shape index (κ3) is 4.49. The summed E-state index contributed by atoms with van der Waals surface area (Å²) < 4.78 is 5.37. The molecule has 0 radical (unpaired) electrons. The number of morpholine rings is 1. The molecule has 1 aromatic rings. The minimum atomic E-state index is 0. The second-order valence-corrected chi connectivity index (χ2v) is 5.35. The monoisotopic (exact) mass is 347 g/mol. The number of benzene rings is 1. The van der Waals surface area contributed by atoms with Gasteiger partial charge in [-0.15, -0.1) is 24.8 Å². The van der Waals surface area contributed by atoms with Crippen LogP contribution in [0, 0.1) is 5.92 Å². The van der Waals surface area contributed by atoms with Crippen LogP contribution in [0.15, 0.2) is 24.3 Å². The van der Waals surface area contributed by atoms with E-state index in [4.69, 9.17) is 4.74 Å². The van der Waals surface area contributed by atoms with Crippen molar-refractivity contribution >= 4 is 36.4 Å². The number of amides is 1. The van der Waals surface area contributed by atoms with Gasteiger partial charge in [0, 0.05) is 44.3 Å². The van der Waals surface area contributed by atoms with Crippen molar-refractivity contribution in [1.82, 2.24) is 10.6 Å². The second-order valence-electron chi connectivity index (χ2n) is 5.35. The Kier molecular flexibility index (Phi) is 7.96. The van der Waals surface area contributed by atoms with Gasteiger partial charge in [-0.2, -0.15) is 0 Å². The van der Waals surface area contributed by atoms with Crippen molar-refractivity contribution in [2.75, 3.05) is 50.8 Å². The smallest absolute Gasteiger partial charge is 0.253 e. The van der Waals surface area contributed by atoms with Gasteiger partial charge in [-0.25, -0.2) is 0 Å². The number of para-hydroxylation sites is 1. The molecule has 2 aliphatic rings. The predicted molar refractivity (Wildman–Crippen MR) is 92.7 cm³/mol. The fraction of sp³-hybridized carbons (Fsp3) is 0.533. The zero-order chi connectivity index (χ0) is 13.8. The largest absolute Gasteiger partial charge is 0.378 e. The van der Waals surface area contributed by atoms with Gasteiger partial charge in [-0.1, -0.05) is 12.1 Å². The number of hydrogen-bond acceptors (Lipinski definition) is 4. The van der Waals surface area contributed by atoms with Gasteiger partial charge >= 0.3 is 0 Å². The van der Waals surface area contributed by atoms with Crippen LogP contribution in [0.25, 0.3) is 0 Å². The molecule has 0 spiro atoms. The normalized spacial score (nSPS) is 17.7. The first kappa shape index (κ1) is 19.0. The van der Waals surface area contributed by atoms with E-state index in [2.05, 4.69) is 15.5 Å². The summed E-state index contributed by atoms with van der Waals surface area (Å²) in [6, 6.07) is 7.82. The Morgan fingerprint density at radius 1 is 1.23 bits per heavy atom. The van der Waals surface area contributed by atoms with Gasteiger partial charge in [0.15, 0.2) is 0 Å². The van der Waals surface area contributed by atoms with Crippen LogP contribution >= 0.6 is 24.8 Å². The molecule has 2 fully saturated rings. The van der Waals surface area contributed by atoms with E-state index in [1.54, 1.807) is 0 Å². The number of nitrogens with one attached hydrogen (secondary N) is 2. The SMILES string of the molecule is Cl.Cl.O=C(NCC1CNC1)c1ccccc1N1CCOCC1. The Labute approximate surface area is 143 Å². The van der Waals surface area contributed by atoms with E-state index in [9.17, 15) is 4.79 Å². The molecule has 7 heteroatoms. The van der Waals surface area contributed by atoms with Crippen molar-refractivity contribution in [1.29, 1.82) is 0 Å². The van der Waals surface area contributed by atoms with E-state index >= 15 is 0 Å². The van der Waals surface area contributed by atoms with Crippen LogP contribution in [0.1, 0.15) is 10.4 Å². The van der Waals surface area contributed by atoms with Crippen LogP contribution < -0.4 is 15.5 Å². The molecule has 1 amide bonds. The summed E-state index contributed by atoms with van der Waals surface area (Å²) >= 11 is 0. The number of halogens is 2. The first-order chi connectivity index (χ1) is 9.84. The van der Waals surface area contributed by atoms with E-state index in [1.165, 1.54) is 0 Å². The Morgan fingerprint density at radius 2 is 1.91 bits per heavy atom. The van der Waals surface area contributed by atoms with Crippen molar-refractivity contribution in [3.05, 3.63) is 29.8 Å². The van der Waals surface area contributed by atoms with Crippen molar-refractivity contribution in [2.45, 2.75) is 0 Å². The molecular weight excluding hydrogens is 325 g/mol. The Balaban J connectivity index is 0.00000121. The maximum Gasteiger partial charge on any atom is 0.253 e. The summed E-state index contributed by atoms with van der Waals surface area (Å²) in [6.45, 7) is 5.90. The van der Waals surface area contributed by atoms with Crippen LogP contribution in [-0.2, 0) is 4.74 Å². The topological polar surface area (TPSA) is 53.6 Å². The molecule has 2 aliphatic heterocycles. The predicted octanol–water partition coefficient (Wildman–Crippen LogP) is 1.32. The fourth-order valence-electron chi connectivity index (χ4n) is 2.57. The Morgan fingerprint density at radius 3 is 2.55 bits per heavy atom. The molecule has 5 nitrogen and oxygen atoms in total. The lowest BCUT2D eigenvalue weighted by Crippen LogP contribution is -2.48. The van der Waals surface area contributed by atoms with E-state index in [0.29, 0.717) is 5.92 Å². The molecule has 1 aromatic carbocycles. The molecular formula is C15H23Cl2N3O2. The number of carbonyl (C=O) groups is 1. The highest BCUT2D eigenvalue weighted by Crippen LogP contribution is 2.21. The van der Waals surface area contributed by atoms with Crippen molar-refractivity contribution in [3.8, 4) is 0 Å². The van der Waals surface area contributed by atoms with Gasteiger partial charge in [-0.05, 0) is 12.1 Å². The summed E-state index contributed by atoms with van der Waals surface area (Å²) in [7, 11) is 0. The molecule has 2 saturated heterocycles. The lowest BCUT2D eigenvalue weighted by molar-refractivity contribution is 0.0941. The average molecular weight is 348 g/mol. The highest BCUT2D eigenvalue weighted by Gasteiger charge is 2.21. The lowest BCUT2D eigenvalue weighted by atomic mass is 10.0. The van der Waals surface area contributed by atoms with E-state index < -0.39 is 0 Å². The van der Waals surface area contributed by atoms with Crippen LogP contribution in [0.5, 0.6) is 0 Å². The minimum absolute atomic E-state index is 0. The van der Waals surface area contributed by atoms with E-state index in [-0.39, 0.29) is 30.7 Å². The van der Waals surface area contributed by atoms with Crippen molar-refractivity contribution < 1.29 is 9.53 Å². The van der Waals surface area contributed by atoms with Gasteiger partial charge in [0.1, 0.15) is 0 Å². The van der Waals surface area contributed by atoms with Crippen LogP contribution in [0.3, 0.4) is 0 Å². The third-order valence-corrected chi connectivity index (χ3v) is 3.92. The summed E-state index contributed by atoms with van der Waals surface area (Å²) in [4.78, 5) is 14.6. The van der Waals surface area contributed by atoms with Crippen LogP contribution in [0.4, 0.5) is 5.69 Å². The maximum atomic E-state index is 12.4. The quantitative estimate of drug-likeness (QED) is 0.862. The van der Waals surface area contributed by atoms with Gasteiger partial charge in [0.05, 0.1) is 18.8 Å². The first-order valence-corrected chi connectivity index (χ1v) is 7.25. The van der Waals surface area contributed by atoms with Gasteiger partial charge in [0.2, 0.25) is 0 Å². The number of nitrogens with zero attached hydrogens (tertiary/aromatic N) is 1. The number of anilines is 1. The second kappa shape index (κ2) is 9.20. The number of rotatable bonds is 4. The summed E-state index contributed by atoms with van der Waals surface area (Å²) in [6.07, 6.45) is 0. The molecule has 2 heterocycles. The van der Waals surface area contributed by atoms with Crippen molar-refractivity contribution in [2.24, 2.45) is 5.92 Å². The molecule has 0 unspecified atom stereocenters. The highest BCUT2D eigenvalue weighted by molar-refractivity contribution is 5.99. The Hall–Kier alpha value is -1.01. The molecule has 124 valence electrons. The maximum absolute atomic E-state index is 12.4. The van der Waals surface area contributed by atoms with E-state index in [1.807, 2.05) is 24.3 Å².